The maximum Gasteiger partial charge on any atom is 0.235 e. The topological polar surface area (TPSA) is 62.7 Å². The molecule has 7 heteroatoms. The first-order valence-corrected chi connectivity index (χ1v) is 8.41. The molecule has 0 saturated carbocycles. The van der Waals surface area contributed by atoms with Gasteiger partial charge in [-0.3, -0.25) is 9.89 Å². The quantitative estimate of drug-likeness (QED) is 0.820. The van der Waals surface area contributed by atoms with E-state index >= 15 is 0 Å². The van der Waals surface area contributed by atoms with E-state index < -0.39 is 0 Å². The Bertz CT molecular complexity index is 529. The summed E-state index contributed by atoms with van der Waals surface area (Å²) in [7, 11) is 0. The number of thioether (sulfide) groups is 1. The van der Waals surface area contributed by atoms with Gasteiger partial charge in [-0.05, 0) is 51.6 Å². The van der Waals surface area contributed by atoms with Crippen molar-refractivity contribution in [3.05, 3.63) is 10.6 Å². The highest BCUT2D eigenvalue weighted by molar-refractivity contribution is 8.01. The van der Waals surface area contributed by atoms with Gasteiger partial charge in [-0.2, -0.15) is 5.10 Å². The number of nitrogens with one attached hydrogen (secondary N) is 2. The third-order valence-electron chi connectivity index (χ3n) is 3.63. The summed E-state index contributed by atoms with van der Waals surface area (Å²) in [6.45, 7) is 6.78. The van der Waals surface area contributed by atoms with Crippen molar-refractivity contribution in [2.45, 2.75) is 50.8 Å². The van der Waals surface area contributed by atoms with Gasteiger partial charge in [0.25, 0.3) is 0 Å². The Hall–Kier alpha value is -0.820. The van der Waals surface area contributed by atoms with Crippen LogP contribution in [0.2, 0.25) is 0 Å². The number of hydrogen-bond donors (Lipinski definition) is 2. The molecule has 1 aliphatic rings. The van der Waals surface area contributed by atoms with Gasteiger partial charge in [0.05, 0.1) is 4.75 Å². The van der Waals surface area contributed by atoms with Gasteiger partial charge in [0.2, 0.25) is 5.91 Å². The van der Waals surface area contributed by atoms with Crippen LogP contribution in [0.5, 0.6) is 0 Å². The van der Waals surface area contributed by atoms with Crippen LogP contribution in [-0.2, 0) is 11.2 Å². The molecule has 0 spiro atoms. The zero-order valence-electron chi connectivity index (χ0n) is 12.2. The number of carbonyl (C=O) groups excluding carboxylic acids is 1. The number of nitrogens with zero attached hydrogens (tertiary/aromatic N) is 2. The van der Waals surface area contributed by atoms with Crippen molar-refractivity contribution in [3.8, 4) is 0 Å². The van der Waals surface area contributed by atoms with Gasteiger partial charge in [0.15, 0.2) is 4.77 Å². The molecule has 1 atom stereocenters. The van der Waals surface area contributed by atoms with Crippen LogP contribution >= 0.6 is 24.0 Å². The largest absolute Gasteiger partial charge is 0.354 e. The Morgan fingerprint density at radius 2 is 2.40 bits per heavy atom. The van der Waals surface area contributed by atoms with Crippen LogP contribution in [0, 0.1) is 4.77 Å². The molecule has 2 rings (SSSR count). The summed E-state index contributed by atoms with van der Waals surface area (Å²) >= 11 is 6.97. The molecular formula is C13H22N4OS2. The Morgan fingerprint density at radius 1 is 1.65 bits per heavy atom. The fraction of sp³-hybridized carbons (Fsp3) is 0.769. The summed E-state index contributed by atoms with van der Waals surface area (Å²) in [6.07, 6.45) is 2.78. The molecule has 1 saturated heterocycles. The van der Waals surface area contributed by atoms with Gasteiger partial charge in [-0.15, -0.1) is 11.8 Å². The van der Waals surface area contributed by atoms with E-state index in [1.54, 1.807) is 11.8 Å². The smallest absolute Gasteiger partial charge is 0.235 e. The number of H-pyrrole nitrogens is 1. The van der Waals surface area contributed by atoms with Crippen LogP contribution in [0.4, 0.5) is 0 Å². The number of rotatable bonds is 5. The fourth-order valence-corrected chi connectivity index (χ4v) is 4.07. The molecule has 112 valence electrons. The molecule has 1 fully saturated rings. The van der Waals surface area contributed by atoms with E-state index in [4.69, 9.17) is 12.2 Å². The lowest BCUT2D eigenvalue weighted by Gasteiger charge is -2.21. The van der Waals surface area contributed by atoms with Crippen molar-refractivity contribution in [2.24, 2.45) is 0 Å². The van der Waals surface area contributed by atoms with E-state index in [1.165, 1.54) is 0 Å². The number of amides is 1. The van der Waals surface area contributed by atoms with Gasteiger partial charge in [0.1, 0.15) is 5.82 Å². The van der Waals surface area contributed by atoms with Crippen LogP contribution in [-0.4, -0.2) is 37.7 Å². The number of carbonyl (C=O) groups is 1. The first-order chi connectivity index (χ1) is 9.44. The average molecular weight is 314 g/mol. The summed E-state index contributed by atoms with van der Waals surface area (Å²) in [4.78, 5) is 12.2. The van der Waals surface area contributed by atoms with Crippen molar-refractivity contribution in [2.75, 3.05) is 12.3 Å². The molecule has 0 radical (unpaired) electrons. The van der Waals surface area contributed by atoms with Crippen LogP contribution in [0.3, 0.4) is 0 Å². The molecule has 1 aromatic rings. The van der Waals surface area contributed by atoms with Crippen molar-refractivity contribution in [1.29, 1.82) is 0 Å². The Balaban J connectivity index is 1.90. The summed E-state index contributed by atoms with van der Waals surface area (Å²) in [5, 5.41) is 10.1. The highest BCUT2D eigenvalue weighted by atomic mass is 32.2. The maximum absolute atomic E-state index is 12.2. The molecule has 20 heavy (non-hydrogen) atoms. The summed E-state index contributed by atoms with van der Waals surface area (Å²) < 4.78 is 2.38. The van der Waals surface area contributed by atoms with Gasteiger partial charge in [-0.1, -0.05) is 0 Å². The number of aromatic nitrogens is 3. The third-order valence-corrected chi connectivity index (χ3v) is 5.43. The molecule has 0 aromatic carbocycles. The van der Waals surface area contributed by atoms with E-state index in [9.17, 15) is 4.79 Å². The Kier molecular flexibility index (Phi) is 4.90. The van der Waals surface area contributed by atoms with E-state index in [2.05, 4.69) is 29.4 Å². The van der Waals surface area contributed by atoms with Gasteiger partial charge in [-0.25, -0.2) is 0 Å². The molecule has 0 unspecified atom stereocenters. The molecule has 1 aliphatic heterocycles. The predicted molar refractivity (Wildman–Crippen MR) is 84.6 cm³/mol. The first-order valence-electron chi connectivity index (χ1n) is 7.02. The predicted octanol–water partition coefficient (Wildman–Crippen LogP) is 2.47. The summed E-state index contributed by atoms with van der Waals surface area (Å²) in [6, 6.07) is 0.273. The van der Waals surface area contributed by atoms with E-state index in [1.807, 2.05) is 11.5 Å². The van der Waals surface area contributed by atoms with Crippen LogP contribution in [0.1, 0.15) is 45.5 Å². The zero-order chi connectivity index (χ0) is 14.8. The highest BCUT2D eigenvalue weighted by Gasteiger charge is 2.36. The van der Waals surface area contributed by atoms with Crippen molar-refractivity contribution >= 4 is 29.9 Å². The van der Waals surface area contributed by atoms with Gasteiger partial charge in [0, 0.05) is 19.0 Å². The molecular weight excluding hydrogens is 292 g/mol. The first kappa shape index (κ1) is 15.6. The second-order valence-electron chi connectivity index (χ2n) is 5.60. The maximum atomic E-state index is 12.2. The summed E-state index contributed by atoms with van der Waals surface area (Å²) in [5.41, 5.74) is 0. The van der Waals surface area contributed by atoms with Crippen LogP contribution < -0.4 is 5.32 Å². The monoisotopic (exact) mass is 314 g/mol. The lowest BCUT2D eigenvalue weighted by Crippen LogP contribution is -2.41. The van der Waals surface area contributed by atoms with E-state index in [0.717, 1.165) is 24.4 Å². The molecule has 2 N–H and O–H groups in total. The van der Waals surface area contributed by atoms with Gasteiger partial charge < -0.3 is 9.88 Å². The lowest BCUT2D eigenvalue weighted by atomic mass is 10.1. The SMILES string of the molecule is CC(C)n1c(CCNC(=O)[C@]2(C)CCCS2)n[nH]c1=S. The second kappa shape index (κ2) is 6.30. The summed E-state index contributed by atoms with van der Waals surface area (Å²) in [5.74, 6) is 2.12. The molecule has 0 aliphatic carbocycles. The molecule has 1 amide bonds. The Labute approximate surface area is 128 Å². The molecule has 2 heterocycles. The standard InChI is InChI=1S/C13H22N4OS2/c1-9(2)17-10(15-16-12(17)19)5-7-14-11(18)13(3)6-4-8-20-13/h9H,4-8H2,1-3H3,(H,14,18)(H,16,19)/t13-/m0/s1. The van der Waals surface area contributed by atoms with Crippen molar-refractivity contribution < 1.29 is 4.79 Å². The van der Waals surface area contributed by atoms with Crippen LogP contribution in [0.15, 0.2) is 0 Å². The second-order valence-corrected chi connectivity index (χ2v) is 7.58. The van der Waals surface area contributed by atoms with E-state index in [0.29, 0.717) is 17.7 Å². The third kappa shape index (κ3) is 3.25. The Morgan fingerprint density at radius 3 is 3.00 bits per heavy atom. The normalized spacial score (nSPS) is 22.4. The average Bonchev–Trinajstić information content (AvgIpc) is 2.97. The highest BCUT2D eigenvalue weighted by Crippen LogP contribution is 2.37. The van der Waals surface area contributed by atoms with Crippen molar-refractivity contribution in [1.82, 2.24) is 20.1 Å². The molecule has 0 bridgehead atoms. The van der Waals surface area contributed by atoms with E-state index in [-0.39, 0.29) is 16.7 Å². The molecule has 1 aromatic heterocycles. The minimum Gasteiger partial charge on any atom is -0.354 e. The number of aromatic amines is 1. The fourth-order valence-electron chi connectivity index (χ4n) is 2.48. The number of hydrogen-bond acceptors (Lipinski definition) is 4. The van der Waals surface area contributed by atoms with Crippen molar-refractivity contribution in [3.63, 3.8) is 0 Å². The van der Waals surface area contributed by atoms with Crippen LogP contribution in [0.25, 0.3) is 0 Å². The zero-order valence-corrected chi connectivity index (χ0v) is 13.9. The lowest BCUT2D eigenvalue weighted by molar-refractivity contribution is -0.123. The van der Waals surface area contributed by atoms with Gasteiger partial charge >= 0.3 is 0 Å². The molecule has 5 nitrogen and oxygen atoms in total. The minimum absolute atomic E-state index is 0.144. The minimum atomic E-state index is -0.247.